The van der Waals surface area contributed by atoms with Crippen molar-refractivity contribution >= 4 is 74.8 Å². The van der Waals surface area contributed by atoms with Gasteiger partial charge in [0.2, 0.25) is 11.9 Å². The van der Waals surface area contributed by atoms with E-state index in [4.69, 9.17) is 32.7 Å². The van der Waals surface area contributed by atoms with Crippen molar-refractivity contribution in [2.45, 2.75) is 0 Å². The van der Waals surface area contributed by atoms with Gasteiger partial charge in [-0.3, -0.25) is 19.4 Å². The molecule has 250 valence electrons. The van der Waals surface area contributed by atoms with Crippen molar-refractivity contribution in [3.8, 4) is 33.8 Å². The van der Waals surface area contributed by atoms with E-state index in [0.717, 1.165) is 27.5 Å². The first-order chi connectivity index (χ1) is 24.1. The molecule has 6 rings (SSSR count). The first kappa shape index (κ1) is 34.0. The first-order valence-corrected chi connectivity index (χ1v) is 16.0. The molecule has 0 saturated heterocycles. The second kappa shape index (κ2) is 14.3. The minimum atomic E-state index is -0.338. The Morgan fingerprint density at radius 3 is 1.76 bits per heavy atom. The topological polar surface area (TPSA) is 111 Å². The Kier molecular flexibility index (Phi) is 9.76. The number of halogens is 2. The lowest BCUT2D eigenvalue weighted by molar-refractivity contribution is -0.114. The molecule has 50 heavy (non-hydrogen) atoms. The summed E-state index contributed by atoms with van der Waals surface area (Å²) in [6.45, 7) is 3.50. The third-order valence-electron chi connectivity index (χ3n) is 8.03. The number of ether oxygens (including phenoxy) is 2. The minimum absolute atomic E-state index is 0.251. The van der Waals surface area contributed by atoms with Crippen LogP contribution in [-0.2, 0) is 9.59 Å². The Bertz CT molecular complexity index is 2300. The Hall–Kier alpha value is -5.84. The number of fused-ring (bicyclic) bond motifs is 2. The number of benzene rings is 4. The molecule has 2 heterocycles. The molecule has 2 amide bonds. The molecule has 0 spiro atoms. The molecular formula is C38H30Cl2N6O4. The Labute approximate surface area is 298 Å². The van der Waals surface area contributed by atoms with Crippen LogP contribution in [0.2, 0.25) is 10.0 Å². The zero-order valence-corrected chi connectivity index (χ0v) is 29.0. The highest BCUT2D eigenvalue weighted by Gasteiger charge is 2.16. The van der Waals surface area contributed by atoms with Gasteiger partial charge in [-0.25, -0.2) is 19.9 Å². The first-order valence-electron chi connectivity index (χ1n) is 15.2. The average Bonchev–Trinajstić information content (AvgIpc) is 3.14. The van der Waals surface area contributed by atoms with E-state index in [1.807, 2.05) is 54.6 Å². The summed E-state index contributed by atoms with van der Waals surface area (Å²) in [5, 5.41) is 2.35. The van der Waals surface area contributed by atoms with Gasteiger partial charge in [0.25, 0.3) is 11.8 Å². The standard InChI is InChI=1S/C38H30Cl2N6O4/c1-6-34(47)45(2)37-41-21-27-16-24(9-11-33(27)43-37)36-30(39)13-22(14-31(36)40)7-12-35(48)46(3)38-42-20-26-15-23(8-10-32(26)44-38)25-17-28(49-4)19-29(18-25)50-5/h6-21H,1H2,2-5H3/b12-7+. The predicted octanol–water partition coefficient (Wildman–Crippen LogP) is 8.06. The summed E-state index contributed by atoms with van der Waals surface area (Å²) in [6, 6.07) is 20.5. The van der Waals surface area contributed by atoms with Crippen molar-refractivity contribution in [1.82, 2.24) is 19.9 Å². The van der Waals surface area contributed by atoms with Gasteiger partial charge in [-0.05, 0) is 82.9 Å². The van der Waals surface area contributed by atoms with Crippen LogP contribution in [0.3, 0.4) is 0 Å². The Morgan fingerprint density at radius 2 is 1.22 bits per heavy atom. The van der Waals surface area contributed by atoms with E-state index < -0.39 is 0 Å². The van der Waals surface area contributed by atoms with Crippen molar-refractivity contribution in [2.75, 3.05) is 38.1 Å². The highest BCUT2D eigenvalue weighted by molar-refractivity contribution is 6.39. The van der Waals surface area contributed by atoms with Gasteiger partial charge in [0, 0.05) is 55.0 Å². The molecule has 0 unspecified atom stereocenters. The number of carbonyl (C=O) groups is 2. The minimum Gasteiger partial charge on any atom is -0.497 e. The highest BCUT2D eigenvalue weighted by Crippen LogP contribution is 2.37. The second-order valence-corrected chi connectivity index (χ2v) is 12.0. The third-order valence-corrected chi connectivity index (χ3v) is 8.62. The number of amides is 2. The van der Waals surface area contributed by atoms with E-state index in [2.05, 4.69) is 26.5 Å². The van der Waals surface area contributed by atoms with Gasteiger partial charge in [-0.15, -0.1) is 0 Å². The SMILES string of the molecule is C=CC(=O)N(C)c1ncc2cc(-c3c(Cl)cc(/C=C/C(=O)N(C)c4ncc5cc(-c6cc(OC)cc(OC)c6)ccc5n4)cc3Cl)ccc2n1. The van der Waals surface area contributed by atoms with Crippen molar-refractivity contribution in [1.29, 1.82) is 0 Å². The van der Waals surface area contributed by atoms with E-state index in [1.165, 1.54) is 22.0 Å². The van der Waals surface area contributed by atoms with Crippen molar-refractivity contribution in [3.05, 3.63) is 113 Å². The molecular weight excluding hydrogens is 675 g/mol. The molecule has 0 atom stereocenters. The van der Waals surface area contributed by atoms with Gasteiger partial charge < -0.3 is 9.47 Å². The zero-order valence-electron chi connectivity index (χ0n) is 27.5. The van der Waals surface area contributed by atoms with E-state index in [0.29, 0.717) is 43.7 Å². The van der Waals surface area contributed by atoms with Crippen LogP contribution in [0, 0.1) is 0 Å². The number of likely N-dealkylation sites (N-methyl/N-ethyl adjacent to an activating group) is 2. The molecule has 0 radical (unpaired) electrons. The smallest absolute Gasteiger partial charge is 0.253 e. The predicted molar refractivity (Wildman–Crippen MR) is 199 cm³/mol. The molecule has 0 aliphatic carbocycles. The number of carbonyl (C=O) groups excluding carboxylic acids is 2. The quantitative estimate of drug-likeness (QED) is 0.139. The van der Waals surface area contributed by atoms with Crippen LogP contribution in [0.25, 0.3) is 50.1 Å². The summed E-state index contributed by atoms with van der Waals surface area (Å²) in [4.78, 5) is 45.6. The number of nitrogens with zero attached hydrogens (tertiary/aromatic N) is 6. The van der Waals surface area contributed by atoms with Crippen LogP contribution in [-0.4, -0.2) is 60.1 Å². The molecule has 2 aromatic heterocycles. The van der Waals surface area contributed by atoms with Gasteiger partial charge in [0.15, 0.2) is 0 Å². The van der Waals surface area contributed by atoms with Crippen molar-refractivity contribution in [2.24, 2.45) is 0 Å². The summed E-state index contributed by atoms with van der Waals surface area (Å²) in [5.74, 6) is 1.23. The lowest BCUT2D eigenvalue weighted by Gasteiger charge is -2.14. The average molecular weight is 706 g/mol. The zero-order chi connectivity index (χ0) is 35.5. The second-order valence-electron chi connectivity index (χ2n) is 11.2. The number of hydrogen-bond acceptors (Lipinski definition) is 8. The Morgan fingerprint density at radius 1 is 0.700 bits per heavy atom. The van der Waals surface area contributed by atoms with E-state index in [-0.39, 0.29) is 23.7 Å². The lowest BCUT2D eigenvalue weighted by atomic mass is 10.0. The maximum Gasteiger partial charge on any atom is 0.253 e. The van der Waals surface area contributed by atoms with Crippen LogP contribution in [0.4, 0.5) is 11.9 Å². The third kappa shape index (κ3) is 6.98. The molecule has 0 fully saturated rings. The molecule has 0 N–H and O–H groups in total. The summed E-state index contributed by atoms with van der Waals surface area (Å²) in [5.41, 5.74) is 5.21. The maximum absolute atomic E-state index is 13.1. The monoisotopic (exact) mass is 704 g/mol. The molecule has 12 heteroatoms. The molecule has 0 aliphatic heterocycles. The van der Waals surface area contributed by atoms with E-state index >= 15 is 0 Å². The largest absolute Gasteiger partial charge is 0.497 e. The number of methoxy groups -OCH3 is 2. The van der Waals surface area contributed by atoms with Crippen LogP contribution >= 0.6 is 23.2 Å². The molecule has 0 aliphatic rings. The number of anilines is 2. The fourth-order valence-electron chi connectivity index (χ4n) is 5.26. The summed E-state index contributed by atoms with van der Waals surface area (Å²) in [7, 11) is 6.40. The molecule has 4 aromatic carbocycles. The van der Waals surface area contributed by atoms with Crippen LogP contribution < -0.4 is 19.3 Å². The Balaban J connectivity index is 1.18. The summed E-state index contributed by atoms with van der Waals surface area (Å²) >= 11 is 13.4. The summed E-state index contributed by atoms with van der Waals surface area (Å²) in [6.07, 6.45) is 7.56. The highest BCUT2D eigenvalue weighted by atomic mass is 35.5. The normalized spacial score (nSPS) is 11.2. The molecule has 0 saturated carbocycles. The number of rotatable bonds is 9. The van der Waals surface area contributed by atoms with Crippen LogP contribution in [0.1, 0.15) is 5.56 Å². The number of aromatic nitrogens is 4. The lowest BCUT2D eigenvalue weighted by Crippen LogP contribution is -2.26. The van der Waals surface area contributed by atoms with Crippen LogP contribution in [0.5, 0.6) is 11.5 Å². The van der Waals surface area contributed by atoms with Gasteiger partial charge in [0.1, 0.15) is 11.5 Å². The summed E-state index contributed by atoms with van der Waals surface area (Å²) < 4.78 is 10.8. The van der Waals surface area contributed by atoms with Gasteiger partial charge in [0.05, 0.1) is 35.3 Å². The van der Waals surface area contributed by atoms with E-state index in [9.17, 15) is 9.59 Å². The number of hydrogen-bond donors (Lipinski definition) is 0. The van der Waals surface area contributed by atoms with Gasteiger partial charge >= 0.3 is 0 Å². The van der Waals surface area contributed by atoms with E-state index in [1.54, 1.807) is 58.9 Å². The van der Waals surface area contributed by atoms with Gasteiger partial charge in [-0.1, -0.05) is 41.9 Å². The molecule has 6 aromatic rings. The molecule has 10 nitrogen and oxygen atoms in total. The fraction of sp³-hybridized carbons (Fsp3) is 0.105. The van der Waals surface area contributed by atoms with Gasteiger partial charge in [-0.2, -0.15) is 0 Å². The van der Waals surface area contributed by atoms with Crippen molar-refractivity contribution in [3.63, 3.8) is 0 Å². The maximum atomic E-state index is 13.1. The van der Waals surface area contributed by atoms with Crippen molar-refractivity contribution < 1.29 is 19.1 Å². The molecule has 0 bridgehead atoms. The van der Waals surface area contributed by atoms with Crippen LogP contribution in [0.15, 0.2) is 97.9 Å². The fourth-order valence-corrected chi connectivity index (χ4v) is 5.98.